The molecule has 11 heteroatoms. The van der Waals surface area contributed by atoms with E-state index < -0.39 is 15.9 Å². The number of hydrogen-bond acceptors (Lipinski definition) is 8. The number of amides is 1. The van der Waals surface area contributed by atoms with Crippen molar-refractivity contribution in [3.63, 3.8) is 0 Å². The number of fused-ring (bicyclic) bond motifs is 1. The van der Waals surface area contributed by atoms with Crippen molar-refractivity contribution in [2.45, 2.75) is 36.2 Å². The second-order valence-electron chi connectivity index (χ2n) is 8.54. The fraction of sp³-hybridized carbons (Fsp3) is 0.250. The molecule has 2 fully saturated rings. The molecule has 7 nitrogen and oxygen atoms in total. The molecule has 0 N–H and O–H groups in total. The maximum absolute atomic E-state index is 13.6. The Labute approximate surface area is 216 Å². The minimum absolute atomic E-state index is 0.0421. The van der Waals surface area contributed by atoms with E-state index in [1.165, 1.54) is 21.1 Å². The number of carbonyl (C=O) groups is 1. The lowest BCUT2D eigenvalue weighted by atomic mass is 10.2. The number of rotatable bonds is 4. The summed E-state index contributed by atoms with van der Waals surface area (Å²) < 4.78 is 25.7. The smallest absolute Gasteiger partial charge is 0.266 e. The first-order valence-corrected chi connectivity index (χ1v) is 14.7. The van der Waals surface area contributed by atoms with Crippen molar-refractivity contribution in [3.05, 3.63) is 74.5 Å². The molecule has 1 atom stereocenters. The van der Waals surface area contributed by atoms with Gasteiger partial charge >= 0.3 is 0 Å². The zero-order valence-electron chi connectivity index (χ0n) is 18.9. The molecule has 2 aliphatic heterocycles. The zero-order valence-corrected chi connectivity index (χ0v) is 22.2. The van der Waals surface area contributed by atoms with Gasteiger partial charge in [0, 0.05) is 11.1 Å². The van der Waals surface area contributed by atoms with Crippen molar-refractivity contribution < 1.29 is 13.2 Å². The highest BCUT2D eigenvalue weighted by Crippen LogP contribution is 2.37. The lowest BCUT2D eigenvalue weighted by molar-refractivity contribution is -0.123. The monoisotopic (exact) mass is 543 g/mol. The molecule has 0 radical (unpaired) electrons. The second kappa shape index (κ2) is 9.20. The van der Waals surface area contributed by atoms with Gasteiger partial charge in [0.2, 0.25) is 0 Å². The summed E-state index contributed by atoms with van der Waals surface area (Å²) in [5, 5.41) is 0.488. The van der Waals surface area contributed by atoms with Crippen LogP contribution in [0.2, 0.25) is 0 Å². The van der Waals surface area contributed by atoms with Crippen LogP contribution >= 0.6 is 35.7 Å². The van der Waals surface area contributed by atoms with Gasteiger partial charge in [0.1, 0.15) is 15.0 Å². The first kappa shape index (κ1) is 24.2. The van der Waals surface area contributed by atoms with Crippen LogP contribution in [0.15, 0.2) is 62.2 Å². The summed E-state index contributed by atoms with van der Waals surface area (Å²) in [7, 11) is -3.18. The van der Waals surface area contributed by atoms with E-state index in [0.29, 0.717) is 27.0 Å². The van der Waals surface area contributed by atoms with Crippen molar-refractivity contribution in [2.75, 3.05) is 11.5 Å². The third-order valence-corrected chi connectivity index (χ3v) is 10.1. The van der Waals surface area contributed by atoms with Crippen LogP contribution in [0, 0.1) is 13.8 Å². The van der Waals surface area contributed by atoms with E-state index >= 15 is 0 Å². The lowest BCUT2D eigenvalue weighted by Crippen LogP contribution is -2.39. The third kappa shape index (κ3) is 4.69. The average molecular weight is 544 g/mol. The zero-order chi connectivity index (χ0) is 24.9. The Morgan fingerprint density at radius 2 is 1.91 bits per heavy atom. The molecule has 1 aromatic carbocycles. The molecule has 0 aliphatic carbocycles. The highest BCUT2D eigenvalue weighted by Gasteiger charge is 2.42. The van der Waals surface area contributed by atoms with E-state index in [9.17, 15) is 18.0 Å². The van der Waals surface area contributed by atoms with Crippen LogP contribution in [0.4, 0.5) is 0 Å². The normalized spacial score (nSPS) is 20.9. The molecule has 35 heavy (non-hydrogen) atoms. The van der Waals surface area contributed by atoms with E-state index in [2.05, 4.69) is 0 Å². The van der Waals surface area contributed by atoms with Crippen LogP contribution in [-0.2, 0) is 14.6 Å². The van der Waals surface area contributed by atoms with Gasteiger partial charge in [-0.3, -0.25) is 18.9 Å². The fourth-order valence-electron chi connectivity index (χ4n) is 4.12. The Balaban J connectivity index is 1.60. The Morgan fingerprint density at radius 1 is 1.17 bits per heavy atom. The van der Waals surface area contributed by atoms with Gasteiger partial charge < -0.3 is 0 Å². The van der Waals surface area contributed by atoms with Crippen LogP contribution in [-0.4, -0.2) is 50.5 Å². The predicted molar refractivity (Wildman–Crippen MR) is 144 cm³/mol. The number of thioether (sulfide) groups is 1. The highest BCUT2D eigenvalue weighted by atomic mass is 32.2. The molecular weight excluding hydrogens is 523 g/mol. The lowest BCUT2D eigenvalue weighted by Gasteiger charge is -2.20. The summed E-state index contributed by atoms with van der Waals surface area (Å²) >= 11 is 7.87. The van der Waals surface area contributed by atoms with Crippen LogP contribution in [0.1, 0.15) is 23.1 Å². The van der Waals surface area contributed by atoms with Crippen LogP contribution < -0.4 is 5.56 Å². The summed E-state index contributed by atoms with van der Waals surface area (Å²) in [6.45, 7) is 3.89. The van der Waals surface area contributed by atoms with Gasteiger partial charge in [0.15, 0.2) is 9.84 Å². The van der Waals surface area contributed by atoms with E-state index in [-0.39, 0.29) is 27.9 Å². The molecule has 2 aliphatic rings. The van der Waals surface area contributed by atoms with Gasteiger partial charge in [-0.1, -0.05) is 59.5 Å². The SMILES string of the molecule is Cc1ccc(Sc2nc3c(C)cccn3c(=O)c2/C=C2/SC(=S)N(C3CCS(=O)(=O)C3)C2=O)cc1. The maximum atomic E-state index is 13.6. The Bertz CT molecular complexity index is 1580. The summed E-state index contributed by atoms with van der Waals surface area (Å²) in [6, 6.07) is 11.1. The van der Waals surface area contributed by atoms with Gasteiger partial charge in [-0.05, 0) is 50.1 Å². The van der Waals surface area contributed by atoms with Crippen LogP contribution in [0.25, 0.3) is 11.7 Å². The molecule has 5 rings (SSSR count). The number of pyridine rings is 1. The van der Waals surface area contributed by atoms with E-state index in [1.807, 2.05) is 44.2 Å². The van der Waals surface area contributed by atoms with Crippen LogP contribution in [0.5, 0.6) is 0 Å². The summed E-state index contributed by atoms with van der Waals surface area (Å²) in [6.07, 6.45) is 3.56. The largest absolute Gasteiger partial charge is 0.289 e. The topological polar surface area (TPSA) is 88.8 Å². The molecule has 0 saturated carbocycles. The number of nitrogens with zero attached hydrogens (tertiary/aromatic N) is 3. The minimum Gasteiger partial charge on any atom is -0.289 e. The molecule has 3 aromatic rings. The van der Waals surface area contributed by atoms with Gasteiger partial charge in [0.05, 0.1) is 28.0 Å². The van der Waals surface area contributed by atoms with Gasteiger partial charge in [-0.25, -0.2) is 13.4 Å². The molecule has 2 saturated heterocycles. The molecule has 0 bridgehead atoms. The Hall–Kier alpha value is -2.47. The number of thiocarbonyl (C=S) groups is 1. The van der Waals surface area contributed by atoms with Gasteiger partial charge in [-0.15, -0.1) is 0 Å². The highest BCUT2D eigenvalue weighted by molar-refractivity contribution is 8.26. The van der Waals surface area contributed by atoms with Crippen molar-refractivity contribution in [2.24, 2.45) is 0 Å². The molecule has 0 spiro atoms. The number of hydrogen-bond donors (Lipinski definition) is 0. The molecule has 1 unspecified atom stereocenters. The van der Waals surface area contributed by atoms with Gasteiger partial charge in [0.25, 0.3) is 11.5 Å². The van der Waals surface area contributed by atoms with Crippen molar-refractivity contribution in [1.29, 1.82) is 0 Å². The first-order valence-electron chi connectivity index (χ1n) is 10.9. The number of sulfone groups is 1. The number of aromatic nitrogens is 2. The van der Waals surface area contributed by atoms with Gasteiger partial charge in [-0.2, -0.15) is 0 Å². The van der Waals surface area contributed by atoms with E-state index in [1.54, 1.807) is 18.3 Å². The molecule has 4 heterocycles. The average Bonchev–Trinajstić information content (AvgIpc) is 3.30. The van der Waals surface area contributed by atoms with E-state index in [4.69, 9.17) is 17.2 Å². The Kier molecular flexibility index (Phi) is 6.37. The third-order valence-electron chi connectivity index (χ3n) is 5.96. The number of carbonyl (C=O) groups excluding carboxylic acids is 1. The molecule has 2 aromatic heterocycles. The number of aryl methyl sites for hydroxylation is 2. The van der Waals surface area contributed by atoms with Crippen LogP contribution in [0.3, 0.4) is 0 Å². The maximum Gasteiger partial charge on any atom is 0.266 e. The van der Waals surface area contributed by atoms with Crippen molar-refractivity contribution >= 4 is 67.5 Å². The summed E-state index contributed by atoms with van der Waals surface area (Å²) in [4.78, 5) is 34.2. The minimum atomic E-state index is -3.18. The Morgan fingerprint density at radius 3 is 2.60 bits per heavy atom. The second-order valence-corrected chi connectivity index (χ2v) is 13.5. The number of benzene rings is 1. The molecule has 1 amide bonds. The fourth-order valence-corrected chi connectivity index (χ4v) is 8.08. The molecule has 180 valence electrons. The molecular formula is C24H21N3O4S4. The van der Waals surface area contributed by atoms with Crippen molar-refractivity contribution in [1.82, 2.24) is 14.3 Å². The quantitative estimate of drug-likeness (QED) is 0.279. The first-order chi connectivity index (χ1) is 16.6. The van der Waals surface area contributed by atoms with Crippen molar-refractivity contribution in [3.8, 4) is 0 Å². The summed E-state index contributed by atoms with van der Waals surface area (Å²) in [5.74, 6) is -0.427. The van der Waals surface area contributed by atoms with E-state index in [0.717, 1.165) is 27.8 Å². The summed E-state index contributed by atoms with van der Waals surface area (Å²) in [5.41, 5.74) is 2.53. The standard InChI is InChI=1S/C24H21N3O4S4/c1-14-5-7-17(8-6-14)33-21-18(22(28)26-10-3-4-15(2)20(26)25-21)12-19-23(29)27(24(32)34-19)16-9-11-35(30,31)13-16/h3-8,10,12,16H,9,11,13H2,1-2H3/b19-12+. The predicted octanol–water partition coefficient (Wildman–Crippen LogP) is 3.85.